The molecule has 0 saturated carbocycles. The first-order valence-electron chi connectivity index (χ1n) is 9.95. The number of fused-ring (bicyclic) bond motifs is 1. The lowest BCUT2D eigenvalue weighted by Crippen LogP contribution is -2.35. The number of ether oxygens (including phenoxy) is 1. The number of halogens is 1. The van der Waals surface area contributed by atoms with Crippen molar-refractivity contribution in [1.29, 1.82) is 5.41 Å². The summed E-state index contributed by atoms with van der Waals surface area (Å²) >= 11 is 1.23. The van der Waals surface area contributed by atoms with Gasteiger partial charge in [-0.1, -0.05) is 24.3 Å². The molecule has 3 heterocycles. The molecule has 0 unspecified atom stereocenters. The van der Waals surface area contributed by atoms with Crippen molar-refractivity contribution in [3.63, 3.8) is 0 Å². The van der Waals surface area contributed by atoms with Gasteiger partial charge in [0.05, 0.1) is 5.57 Å². The highest BCUT2D eigenvalue weighted by Gasteiger charge is 2.36. The highest BCUT2D eigenvalue weighted by Crippen LogP contribution is 2.30. The standard InChI is InChI=1S/C24H16FN5O2S/c25-18-7-3-16(4-8-18)14-32-19-9-5-15(6-10-19)12-20-21(26)30-24(28-22(20)31)33-23(29-30)17-2-1-11-27-13-17/h1-13,26H,14H2. The molecule has 0 aliphatic carbocycles. The van der Waals surface area contributed by atoms with Crippen LogP contribution in [0.3, 0.4) is 0 Å². The van der Waals surface area contributed by atoms with Gasteiger partial charge in [0.15, 0.2) is 5.84 Å². The minimum atomic E-state index is -0.488. The van der Waals surface area contributed by atoms with Gasteiger partial charge in [0.25, 0.3) is 5.91 Å². The Balaban J connectivity index is 1.31. The lowest BCUT2D eigenvalue weighted by molar-refractivity contribution is -0.114. The van der Waals surface area contributed by atoms with E-state index in [1.165, 1.54) is 28.9 Å². The molecule has 9 heteroatoms. The number of aromatic nitrogens is 1. The van der Waals surface area contributed by atoms with Crippen LogP contribution in [0.5, 0.6) is 5.75 Å². The number of nitrogens with one attached hydrogen (secondary N) is 1. The highest BCUT2D eigenvalue weighted by molar-refractivity contribution is 8.27. The minimum Gasteiger partial charge on any atom is -0.489 e. The van der Waals surface area contributed by atoms with Gasteiger partial charge in [0, 0.05) is 18.0 Å². The molecule has 2 aromatic carbocycles. The Morgan fingerprint density at radius 1 is 1.09 bits per heavy atom. The zero-order chi connectivity index (χ0) is 22.8. The van der Waals surface area contributed by atoms with E-state index in [0.29, 0.717) is 22.6 Å². The number of hydrazone groups is 1. The Bertz CT molecular complexity index is 1320. The molecule has 1 aromatic heterocycles. The van der Waals surface area contributed by atoms with Gasteiger partial charge in [-0.05, 0) is 65.4 Å². The van der Waals surface area contributed by atoms with Crippen LogP contribution in [0.2, 0.25) is 0 Å². The predicted molar refractivity (Wildman–Crippen MR) is 126 cm³/mol. The number of amidine groups is 2. The van der Waals surface area contributed by atoms with Crippen molar-refractivity contribution in [2.45, 2.75) is 6.61 Å². The van der Waals surface area contributed by atoms with Crippen LogP contribution in [0.15, 0.2) is 88.7 Å². The van der Waals surface area contributed by atoms with Crippen LogP contribution in [0.25, 0.3) is 6.08 Å². The number of benzene rings is 2. The van der Waals surface area contributed by atoms with Crippen LogP contribution in [-0.4, -0.2) is 31.9 Å². The van der Waals surface area contributed by atoms with Gasteiger partial charge in [-0.3, -0.25) is 15.2 Å². The topological polar surface area (TPSA) is 91.0 Å². The zero-order valence-corrected chi connectivity index (χ0v) is 17.9. The summed E-state index contributed by atoms with van der Waals surface area (Å²) in [7, 11) is 0. The zero-order valence-electron chi connectivity index (χ0n) is 17.1. The Kier molecular flexibility index (Phi) is 5.54. The monoisotopic (exact) mass is 457 g/mol. The molecule has 0 atom stereocenters. The van der Waals surface area contributed by atoms with Gasteiger partial charge in [0.2, 0.25) is 5.17 Å². The van der Waals surface area contributed by atoms with Crippen LogP contribution in [0.4, 0.5) is 4.39 Å². The lowest BCUT2D eigenvalue weighted by Gasteiger charge is -2.20. The van der Waals surface area contributed by atoms with E-state index in [1.54, 1.807) is 60.9 Å². The second kappa shape index (κ2) is 8.79. The predicted octanol–water partition coefficient (Wildman–Crippen LogP) is 4.47. The van der Waals surface area contributed by atoms with E-state index in [0.717, 1.165) is 16.7 Å². The Labute approximate surface area is 192 Å². The first-order valence-corrected chi connectivity index (χ1v) is 10.8. The fraction of sp³-hybridized carbons (Fsp3) is 0.0417. The molecule has 7 nitrogen and oxygen atoms in total. The number of carbonyl (C=O) groups is 1. The number of aliphatic imine (C=N–C) groups is 1. The van der Waals surface area contributed by atoms with Crippen LogP contribution < -0.4 is 4.74 Å². The average molecular weight is 457 g/mol. The Morgan fingerprint density at radius 3 is 2.61 bits per heavy atom. The molecule has 0 fully saturated rings. The quantitative estimate of drug-likeness (QED) is 0.571. The molecule has 0 saturated heterocycles. The van der Waals surface area contributed by atoms with Crippen LogP contribution >= 0.6 is 11.8 Å². The third-order valence-electron chi connectivity index (χ3n) is 4.87. The van der Waals surface area contributed by atoms with Crippen molar-refractivity contribution in [2.24, 2.45) is 10.1 Å². The molecule has 0 spiro atoms. The van der Waals surface area contributed by atoms with E-state index >= 15 is 0 Å². The summed E-state index contributed by atoms with van der Waals surface area (Å²) < 4.78 is 18.7. The van der Waals surface area contributed by atoms with E-state index in [9.17, 15) is 9.18 Å². The second-order valence-electron chi connectivity index (χ2n) is 7.15. The number of carbonyl (C=O) groups excluding carboxylic acids is 1. The van der Waals surface area contributed by atoms with Crippen molar-refractivity contribution in [2.75, 3.05) is 0 Å². The van der Waals surface area contributed by atoms with Crippen LogP contribution in [0.1, 0.15) is 16.7 Å². The average Bonchev–Trinajstić information content (AvgIpc) is 3.27. The Hall–Kier alpha value is -4.11. The summed E-state index contributed by atoms with van der Waals surface area (Å²) in [5, 5.41) is 15.3. The number of hydrogen-bond donors (Lipinski definition) is 1. The van der Waals surface area contributed by atoms with Gasteiger partial charge in [-0.25, -0.2) is 4.39 Å². The molecule has 5 rings (SSSR count). The smallest absolute Gasteiger partial charge is 0.283 e. The molecule has 162 valence electrons. The van der Waals surface area contributed by atoms with Crippen LogP contribution in [0, 0.1) is 11.2 Å². The summed E-state index contributed by atoms with van der Waals surface area (Å²) in [6.07, 6.45) is 4.95. The molecular formula is C24H16FN5O2S. The molecule has 1 amide bonds. The van der Waals surface area contributed by atoms with Gasteiger partial charge >= 0.3 is 0 Å². The molecule has 2 aliphatic heterocycles. The van der Waals surface area contributed by atoms with Gasteiger partial charge in [-0.2, -0.15) is 15.1 Å². The molecule has 33 heavy (non-hydrogen) atoms. The van der Waals surface area contributed by atoms with Gasteiger partial charge < -0.3 is 4.74 Å². The summed E-state index contributed by atoms with van der Waals surface area (Å²) in [4.78, 5) is 20.8. The second-order valence-corrected chi connectivity index (χ2v) is 8.11. The molecule has 0 bridgehead atoms. The number of nitrogens with zero attached hydrogens (tertiary/aromatic N) is 4. The molecule has 1 N–H and O–H groups in total. The van der Waals surface area contributed by atoms with Crippen molar-refractivity contribution < 1.29 is 13.9 Å². The SMILES string of the molecule is N=C1C(=Cc2ccc(OCc3ccc(F)cc3)cc2)C(=O)N=C2SC(c3cccnc3)=NN12. The normalized spacial score (nSPS) is 16.5. The third-order valence-corrected chi connectivity index (χ3v) is 5.83. The van der Waals surface area contributed by atoms with E-state index in [2.05, 4.69) is 15.1 Å². The molecule has 0 radical (unpaired) electrons. The molecular weight excluding hydrogens is 441 g/mol. The first-order chi connectivity index (χ1) is 16.1. The number of thioether (sulfide) groups is 1. The summed E-state index contributed by atoms with van der Waals surface area (Å²) in [6.45, 7) is 0.311. The van der Waals surface area contributed by atoms with Crippen molar-refractivity contribution >= 4 is 39.8 Å². The van der Waals surface area contributed by atoms with E-state index in [-0.39, 0.29) is 17.2 Å². The highest BCUT2D eigenvalue weighted by atomic mass is 32.2. The fourth-order valence-corrected chi connectivity index (χ4v) is 4.05. The number of pyridine rings is 1. The number of amides is 1. The van der Waals surface area contributed by atoms with Crippen molar-refractivity contribution in [1.82, 2.24) is 9.99 Å². The van der Waals surface area contributed by atoms with Gasteiger partial charge in [-0.15, -0.1) is 0 Å². The largest absolute Gasteiger partial charge is 0.489 e. The maximum Gasteiger partial charge on any atom is 0.283 e. The van der Waals surface area contributed by atoms with Crippen molar-refractivity contribution in [3.05, 3.63) is 101 Å². The summed E-state index contributed by atoms with van der Waals surface area (Å²) in [5.74, 6) is -0.179. The number of hydrogen-bond acceptors (Lipinski definition) is 6. The van der Waals surface area contributed by atoms with E-state index in [1.807, 2.05) is 6.07 Å². The lowest BCUT2D eigenvalue weighted by atomic mass is 10.1. The maximum absolute atomic E-state index is 13.0. The third kappa shape index (κ3) is 4.44. The van der Waals surface area contributed by atoms with Gasteiger partial charge in [0.1, 0.15) is 23.2 Å². The minimum absolute atomic E-state index is 0.0342. The fourth-order valence-electron chi connectivity index (χ4n) is 3.17. The first kappa shape index (κ1) is 20.8. The molecule has 2 aliphatic rings. The number of rotatable bonds is 5. The summed E-state index contributed by atoms with van der Waals surface area (Å²) in [5.41, 5.74) is 2.52. The molecule has 3 aromatic rings. The summed E-state index contributed by atoms with van der Waals surface area (Å²) in [6, 6.07) is 16.9. The van der Waals surface area contributed by atoms with E-state index < -0.39 is 5.91 Å². The van der Waals surface area contributed by atoms with E-state index in [4.69, 9.17) is 10.1 Å². The van der Waals surface area contributed by atoms with Crippen LogP contribution in [-0.2, 0) is 11.4 Å². The maximum atomic E-state index is 13.0. The Morgan fingerprint density at radius 2 is 1.88 bits per heavy atom. The van der Waals surface area contributed by atoms with Crippen molar-refractivity contribution in [3.8, 4) is 5.75 Å².